The number of nitrogens with zero attached hydrogens (tertiary/aromatic N) is 3. The highest BCUT2D eigenvalue weighted by Crippen LogP contribution is 2.47. The molecule has 0 atom stereocenters. The maximum atomic E-state index is 13.9. The van der Waals surface area contributed by atoms with Crippen LogP contribution in [0.2, 0.25) is 0 Å². The van der Waals surface area contributed by atoms with E-state index < -0.39 is 28.9 Å². The number of benzene rings is 2. The van der Waals surface area contributed by atoms with Gasteiger partial charge in [0.05, 0.1) is 16.8 Å². The lowest BCUT2D eigenvalue weighted by Gasteiger charge is -2.34. The maximum Gasteiger partial charge on any atom is 0.416 e. The third-order valence-electron chi connectivity index (χ3n) is 8.13. The fourth-order valence-corrected chi connectivity index (χ4v) is 5.87. The van der Waals surface area contributed by atoms with Crippen LogP contribution >= 0.6 is 0 Å². The van der Waals surface area contributed by atoms with Gasteiger partial charge < -0.3 is 10.2 Å². The summed E-state index contributed by atoms with van der Waals surface area (Å²) in [5.41, 5.74) is -0.222. The SMILES string of the molecule is CC1CCN(c2ncc(C(=O)NCc3cc(F)cc(C(F)(F)F)c3)c(C3(c4ccc(F)cc4)CCCC3)n2)CC1. The Morgan fingerprint density at radius 3 is 2.35 bits per heavy atom. The highest BCUT2D eigenvalue weighted by molar-refractivity contribution is 5.95. The highest BCUT2D eigenvalue weighted by atomic mass is 19.4. The van der Waals surface area contributed by atoms with Gasteiger partial charge in [-0.1, -0.05) is 31.9 Å². The molecule has 212 valence electrons. The van der Waals surface area contributed by atoms with Crippen LogP contribution in [0.25, 0.3) is 0 Å². The zero-order valence-corrected chi connectivity index (χ0v) is 22.2. The summed E-state index contributed by atoms with van der Waals surface area (Å²) >= 11 is 0. The molecule has 1 saturated carbocycles. The lowest BCUT2D eigenvalue weighted by molar-refractivity contribution is -0.137. The Kier molecular flexibility index (Phi) is 7.79. The van der Waals surface area contributed by atoms with E-state index in [2.05, 4.69) is 22.1 Å². The third-order valence-corrected chi connectivity index (χ3v) is 8.13. The van der Waals surface area contributed by atoms with Gasteiger partial charge in [-0.15, -0.1) is 0 Å². The van der Waals surface area contributed by atoms with Gasteiger partial charge >= 0.3 is 6.18 Å². The second kappa shape index (κ2) is 11.1. The fraction of sp³-hybridized carbons (Fsp3) is 0.433. The molecule has 5 rings (SSSR count). The van der Waals surface area contributed by atoms with Crippen molar-refractivity contribution < 1.29 is 26.7 Å². The van der Waals surface area contributed by atoms with E-state index in [1.54, 1.807) is 12.1 Å². The number of amides is 1. The van der Waals surface area contributed by atoms with E-state index in [-0.39, 0.29) is 23.5 Å². The summed E-state index contributed by atoms with van der Waals surface area (Å²) in [7, 11) is 0. The van der Waals surface area contributed by atoms with Crippen LogP contribution in [0.5, 0.6) is 0 Å². The number of halogens is 5. The molecule has 1 aliphatic carbocycles. The van der Waals surface area contributed by atoms with Gasteiger partial charge in [0.15, 0.2) is 0 Å². The van der Waals surface area contributed by atoms with E-state index in [9.17, 15) is 26.7 Å². The number of hydrogen-bond donors (Lipinski definition) is 1. The molecule has 1 aliphatic heterocycles. The number of aromatic nitrogens is 2. The van der Waals surface area contributed by atoms with Crippen LogP contribution in [0.15, 0.2) is 48.7 Å². The molecule has 2 fully saturated rings. The Bertz CT molecular complexity index is 1360. The molecule has 0 spiro atoms. The zero-order chi connectivity index (χ0) is 28.5. The molecular formula is C30H31F5N4O. The monoisotopic (exact) mass is 558 g/mol. The van der Waals surface area contributed by atoms with Crippen LogP contribution in [-0.4, -0.2) is 29.0 Å². The van der Waals surface area contributed by atoms with E-state index in [0.29, 0.717) is 36.5 Å². The van der Waals surface area contributed by atoms with Crippen molar-refractivity contribution in [2.45, 2.75) is 63.6 Å². The third kappa shape index (κ3) is 5.81. The number of piperidine rings is 1. The predicted molar refractivity (Wildman–Crippen MR) is 141 cm³/mol. The second-order valence-corrected chi connectivity index (χ2v) is 10.9. The fourth-order valence-electron chi connectivity index (χ4n) is 5.87. The van der Waals surface area contributed by atoms with Gasteiger partial charge in [-0.3, -0.25) is 4.79 Å². The van der Waals surface area contributed by atoms with Crippen molar-refractivity contribution >= 4 is 11.9 Å². The largest absolute Gasteiger partial charge is 0.416 e. The van der Waals surface area contributed by atoms with E-state index in [0.717, 1.165) is 56.5 Å². The topological polar surface area (TPSA) is 58.1 Å². The molecule has 2 aliphatic rings. The van der Waals surface area contributed by atoms with E-state index in [1.807, 2.05) is 0 Å². The molecule has 1 saturated heterocycles. The van der Waals surface area contributed by atoms with Crippen LogP contribution in [0, 0.1) is 17.6 Å². The Hall–Kier alpha value is -3.56. The van der Waals surface area contributed by atoms with Crippen LogP contribution in [0.4, 0.5) is 27.9 Å². The van der Waals surface area contributed by atoms with Crippen molar-refractivity contribution in [1.29, 1.82) is 0 Å². The lowest BCUT2D eigenvalue weighted by atomic mass is 9.74. The summed E-state index contributed by atoms with van der Waals surface area (Å²) in [6, 6.07) is 8.43. The number of alkyl halides is 3. The Balaban J connectivity index is 1.51. The number of rotatable bonds is 6. The van der Waals surface area contributed by atoms with Crippen molar-refractivity contribution in [2.24, 2.45) is 5.92 Å². The van der Waals surface area contributed by atoms with Gasteiger partial charge in [-0.2, -0.15) is 13.2 Å². The Morgan fingerprint density at radius 1 is 1.02 bits per heavy atom. The number of carbonyl (C=O) groups excluding carboxylic acids is 1. The number of carbonyl (C=O) groups is 1. The summed E-state index contributed by atoms with van der Waals surface area (Å²) in [5, 5.41) is 2.64. The summed E-state index contributed by atoms with van der Waals surface area (Å²) in [6.45, 7) is 3.47. The van der Waals surface area contributed by atoms with Crippen molar-refractivity contribution in [2.75, 3.05) is 18.0 Å². The Labute approximate surface area is 229 Å². The minimum Gasteiger partial charge on any atom is -0.348 e. The zero-order valence-electron chi connectivity index (χ0n) is 22.2. The summed E-state index contributed by atoms with van der Waals surface area (Å²) < 4.78 is 67.3. The first-order valence-corrected chi connectivity index (χ1v) is 13.6. The lowest BCUT2D eigenvalue weighted by Crippen LogP contribution is -2.37. The average molecular weight is 559 g/mol. The Morgan fingerprint density at radius 2 is 1.70 bits per heavy atom. The first kappa shape index (κ1) is 28.0. The van der Waals surface area contributed by atoms with Gasteiger partial charge in [-0.05, 0) is 73.1 Å². The van der Waals surface area contributed by atoms with Crippen LogP contribution in [0.1, 0.15) is 78.2 Å². The van der Waals surface area contributed by atoms with Gasteiger partial charge in [0.1, 0.15) is 11.6 Å². The smallest absolute Gasteiger partial charge is 0.348 e. The molecule has 2 heterocycles. The first-order chi connectivity index (χ1) is 19.0. The number of nitrogens with one attached hydrogen (secondary N) is 1. The van der Waals surface area contributed by atoms with Crippen molar-refractivity contribution in [1.82, 2.24) is 15.3 Å². The molecule has 5 nitrogen and oxygen atoms in total. The summed E-state index contributed by atoms with van der Waals surface area (Å²) in [6.07, 6.45) is 1.94. The van der Waals surface area contributed by atoms with Crippen molar-refractivity contribution in [3.05, 3.63) is 88.2 Å². The predicted octanol–water partition coefficient (Wildman–Crippen LogP) is 6.80. The van der Waals surface area contributed by atoms with Gasteiger partial charge in [0.25, 0.3) is 5.91 Å². The average Bonchev–Trinajstić information content (AvgIpc) is 3.43. The molecule has 2 aromatic carbocycles. The molecule has 0 radical (unpaired) electrons. The molecule has 1 N–H and O–H groups in total. The van der Waals surface area contributed by atoms with Crippen LogP contribution in [-0.2, 0) is 18.1 Å². The maximum absolute atomic E-state index is 13.9. The van der Waals surface area contributed by atoms with Crippen LogP contribution in [0.3, 0.4) is 0 Å². The molecule has 1 aromatic heterocycles. The van der Waals surface area contributed by atoms with E-state index >= 15 is 0 Å². The van der Waals surface area contributed by atoms with E-state index in [4.69, 9.17) is 4.98 Å². The van der Waals surface area contributed by atoms with Crippen LogP contribution < -0.4 is 10.2 Å². The molecular weight excluding hydrogens is 527 g/mol. The second-order valence-electron chi connectivity index (χ2n) is 10.9. The summed E-state index contributed by atoms with van der Waals surface area (Å²) in [5.74, 6) is -0.854. The quantitative estimate of drug-likeness (QED) is 0.338. The van der Waals surface area contributed by atoms with Crippen molar-refractivity contribution in [3.63, 3.8) is 0 Å². The van der Waals surface area contributed by atoms with Gasteiger partial charge in [-0.25, -0.2) is 18.7 Å². The van der Waals surface area contributed by atoms with Gasteiger partial charge in [0.2, 0.25) is 5.95 Å². The number of hydrogen-bond acceptors (Lipinski definition) is 4. The standard InChI is InChI=1S/C30H31F5N4O/c1-19-8-12-39(13-9-19)28-37-18-25(27(40)36-17-20-14-22(30(33,34)35)16-24(32)15-20)26(38-28)29(10-2-3-11-29)21-4-6-23(31)7-5-21/h4-7,14-16,18-19H,2-3,8-13,17H2,1H3,(H,36,40). The minimum atomic E-state index is -4.71. The highest BCUT2D eigenvalue weighted by Gasteiger charge is 2.42. The minimum absolute atomic E-state index is 0.0173. The molecule has 3 aromatic rings. The van der Waals surface area contributed by atoms with E-state index in [1.165, 1.54) is 18.3 Å². The normalized spacial score (nSPS) is 17.7. The number of anilines is 1. The van der Waals surface area contributed by atoms with Gasteiger partial charge in [0, 0.05) is 31.2 Å². The molecule has 10 heteroatoms. The summed E-state index contributed by atoms with van der Waals surface area (Å²) in [4.78, 5) is 25.1. The van der Waals surface area contributed by atoms with Crippen molar-refractivity contribution in [3.8, 4) is 0 Å². The molecule has 0 unspecified atom stereocenters. The molecule has 40 heavy (non-hydrogen) atoms. The first-order valence-electron chi connectivity index (χ1n) is 13.6. The molecule has 0 bridgehead atoms. The molecule has 1 amide bonds.